The van der Waals surface area contributed by atoms with Gasteiger partial charge < -0.3 is 14.6 Å². The first kappa shape index (κ1) is 15.7. The number of nitrogens with one attached hydrogen (secondary N) is 1. The first-order valence-corrected chi connectivity index (χ1v) is 8.67. The highest BCUT2D eigenvalue weighted by molar-refractivity contribution is 5.92. The van der Waals surface area contributed by atoms with Crippen LogP contribution < -0.4 is 10.2 Å². The third-order valence-corrected chi connectivity index (χ3v) is 4.74. The van der Waals surface area contributed by atoms with E-state index in [2.05, 4.69) is 15.2 Å². The minimum atomic E-state index is 0.0296. The molecule has 1 saturated heterocycles. The van der Waals surface area contributed by atoms with Crippen LogP contribution in [0.4, 0.5) is 11.7 Å². The van der Waals surface area contributed by atoms with Gasteiger partial charge in [0.1, 0.15) is 5.52 Å². The molecular weight excluding hydrogens is 314 g/mol. The third-order valence-electron chi connectivity index (χ3n) is 4.74. The van der Waals surface area contributed by atoms with Gasteiger partial charge in [0.2, 0.25) is 5.91 Å². The largest absolute Gasteiger partial charge is 0.423 e. The van der Waals surface area contributed by atoms with Crippen molar-refractivity contribution in [1.29, 1.82) is 0 Å². The fourth-order valence-electron chi connectivity index (χ4n) is 3.21. The molecule has 0 unspecified atom stereocenters. The van der Waals surface area contributed by atoms with Crippen LogP contribution in [0, 0.1) is 12.8 Å². The predicted octanol–water partition coefficient (Wildman–Crippen LogP) is 3.99. The molecule has 0 radical (unpaired) electrons. The predicted molar refractivity (Wildman–Crippen MR) is 98.8 cm³/mol. The maximum Gasteiger partial charge on any atom is 0.298 e. The smallest absolute Gasteiger partial charge is 0.298 e. The molecule has 1 aliphatic heterocycles. The number of benzene rings is 2. The number of carbonyl (C=O) groups is 1. The van der Waals surface area contributed by atoms with Gasteiger partial charge in [0.15, 0.2) is 5.58 Å². The molecule has 4 rings (SSSR count). The van der Waals surface area contributed by atoms with Crippen LogP contribution in [0.1, 0.15) is 18.4 Å². The molecule has 0 atom stereocenters. The Morgan fingerprint density at radius 1 is 1.12 bits per heavy atom. The molecule has 128 valence electrons. The van der Waals surface area contributed by atoms with E-state index in [1.165, 1.54) is 5.56 Å². The average molecular weight is 335 g/mol. The number of para-hydroxylation sites is 2. The average Bonchev–Trinajstić information content (AvgIpc) is 3.08. The van der Waals surface area contributed by atoms with Crippen molar-refractivity contribution in [2.24, 2.45) is 5.92 Å². The van der Waals surface area contributed by atoms with Crippen molar-refractivity contribution in [2.75, 3.05) is 23.3 Å². The number of hydrogen-bond donors (Lipinski definition) is 1. The summed E-state index contributed by atoms with van der Waals surface area (Å²) in [4.78, 5) is 19.1. The van der Waals surface area contributed by atoms with Gasteiger partial charge in [-0.05, 0) is 44.0 Å². The first-order chi connectivity index (χ1) is 12.2. The normalized spacial score (nSPS) is 15.5. The zero-order valence-corrected chi connectivity index (χ0v) is 14.2. The number of amides is 1. The molecule has 2 aromatic carbocycles. The van der Waals surface area contributed by atoms with E-state index in [1.54, 1.807) is 0 Å². The molecule has 0 spiro atoms. The number of rotatable bonds is 3. The van der Waals surface area contributed by atoms with Crippen molar-refractivity contribution >= 4 is 28.7 Å². The lowest BCUT2D eigenvalue weighted by Gasteiger charge is -2.30. The van der Waals surface area contributed by atoms with Gasteiger partial charge in [0.25, 0.3) is 6.01 Å². The Labute approximate surface area is 146 Å². The molecule has 1 fully saturated rings. The van der Waals surface area contributed by atoms with E-state index in [4.69, 9.17) is 4.42 Å². The van der Waals surface area contributed by atoms with Crippen molar-refractivity contribution < 1.29 is 9.21 Å². The third kappa shape index (κ3) is 3.36. The summed E-state index contributed by atoms with van der Waals surface area (Å²) in [6.45, 7) is 3.59. The Kier molecular flexibility index (Phi) is 4.14. The molecule has 5 nitrogen and oxygen atoms in total. The zero-order valence-electron chi connectivity index (χ0n) is 14.2. The van der Waals surface area contributed by atoms with Gasteiger partial charge in [0.05, 0.1) is 0 Å². The molecule has 3 aromatic rings. The highest BCUT2D eigenvalue weighted by Crippen LogP contribution is 2.27. The van der Waals surface area contributed by atoms with Crippen molar-refractivity contribution in [3.05, 3.63) is 54.1 Å². The Balaban J connectivity index is 1.37. The van der Waals surface area contributed by atoms with Crippen LogP contribution in [0.2, 0.25) is 0 Å². The number of anilines is 2. The van der Waals surface area contributed by atoms with Gasteiger partial charge in [-0.1, -0.05) is 29.8 Å². The second-order valence-corrected chi connectivity index (χ2v) is 6.58. The first-order valence-electron chi connectivity index (χ1n) is 8.67. The number of piperidine rings is 1. The second kappa shape index (κ2) is 6.59. The van der Waals surface area contributed by atoms with Gasteiger partial charge in [-0.15, -0.1) is 0 Å². The standard InChI is InChI=1S/C20H21N3O2/c1-14-6-8-16(9-7-14)21-19(24)15-10-12-23(13-11-15)20-22-17-4-2-3-5-18(17)25-20/h2-9,15H,10-13H2,1H3,(H,21,24). The molecule has 0 saturated carbocycles. The summed E-state index contributed by atoms with van der Waals surface area (Å²) in [5.41, 5.74) is 3.72. The van der Waals surface area contributed by atoms with Crippen LogP contribution in [0.5, 0.6) is 0 Å². The number of fused-ring (bicyclic) bond motifs is 1. The van der Waals surface area contributed by atoms with Crippen LogP contribution in [0.3, 0.4) is 0 Å². The highest BCUT2D eigenvalue weighted by Gasteiger charge is 2.27. The Morgan fingerprint density at radius 2 is 1.84 bits per heavy atom. The van der Waals surface area contributed by atoms with Crippen LogP contribution in [-0.2, 0) is 4.79 Å². The van der Waals surface area contributed by atoms with Gasteiger partial charge in [-0.25, -0.2) is 0 Å². The summed E-state index contributed by atoms with van der Waals surface area (Å²) < 4.78 is 5.82. The Bertz CT molecular complexity index is 844. The molecule has 1 aliphatic rings. The summed E-state index contributed by atoms with van der Waals surface area (Å²) in [6.07, 6.45) is 1.60. The second-order valence-electron chi connectivity index (χ2n) is 6.58. The van der Waals surface area contributed by atoms with E-state index in [0.29, 0.717) is 6.01 Å². The van der Waals surface area contributed by atoms with Crippen LogP contribution >= 0.6 is 0 Å². The monoisotopic (exact) mass is 335 g/mol. The number of hydrogen-bond acceptors (Lipinski definition) is 4. The van der Waals surface area contributed by atoms with Gasteiger partial charge in [0, 0.05) is 24.7 Å². The zero-order chi connectivity index (χ0) is 17.2. The molecule has 0 bridgehead atoms. The number of aryl methyl sites for hydroxylation is 1. The number of carbonyl (C=O) groups excluding carboxylic acids is 1. The summed E-state index contributed by atoms with van der Waals surface area (Å²) >= 11 is 0. The summed E-state index contributed by atoms with van der Waals surface area (Å²) in [5, 5.41) is 3.02. The maximum atomic E-state index is 12.5. The minimum absolute atomic E-state index is 0.0296. The van der Waals surface area contributed by atoms with Crippen molar-refractivity contribution in [1.82, 2.24) is 4.98 Å². The van der Waals surface area contributed by atoms with E-state index in [0.717, 1.165) is 42.7 Å². The fourth-order valence-corrected chi connectivity index (χ4v) is 3.21. The number of oxazole rings is 1. The van der Waals surface area contributed by atoms with Crippen molar-refractivity contribution in [3.63, 3.8) is 0 Å². The van der Waals surface area contributed by atoms with Crippen LogP contribution in [0.15, 0.2) is 52.9 Å². The SMILES string of the molecule is Cc1ccc(NC(=O)C2CCN(c3nc4ccccc4o3)CC2)cc1. The molecular formula is C20H21N3O2. The van der Waals surface area contributed by atoms with E-state index >= 15 is 0 Å². The lowest BCUT2D eigenvalue weighted by molar-refractivity contribution is -0.120. The van der Waals surface area contributed by atoms with Gasteiger partial charge in [-0.3, -0.25) is 4.79 Å². The molecule has 1 amide bonds. The summed E-state index contributed by atoms with van der Waals surface area (Å²) in [5.74, 6) is 0.128. The number of nitrogens with zero attached hydrogens (tertiary/aromatic N) is 2. The Morgan fingerprint density at radius 3 is 2.56 bits per heavy atom. The summed E-state index contributed by atoms with van der Waals surface area (Å²) in [6, 6.07) is 16.3. The topological polar surface area (TPSA) is 58.4 Å². The minimum Gasteiger partial charge on any atom is -0.423 e. The van der Waals surface area contributed by atoms with E-state index in [9.17, 15) is 4.79 Å². The van der Waals surface area contributed by atoms with E-state index in [1.807, 2.05) is 55.5 Å². The molecule has 2 heterocycles. The maximum absolute atomic E-state index is 12.5. The lowest BCUT2D eigenvalue weighted by atomic mass is 9.96. The van der Waals surface area contributed by atoms with Gasteiger partial charge in [-0.2, -0.15) is 4.98 Å². The van der Waals surface area contributed by atoms with E-state index < -0.39 is 0 Å². The fraction of sp³-hybridized carbons (Fsp3) is 0.300. The number of aromatic nitrogens is 1. The van der Waals surface area contributed by atoms with Crippen LogP contribution in [0.25, 0.3) is 11.1 Å². The molecule has 25 heavy (non-hydrogen) atoms. The van der Waals surface area contributed by atoms with E-state index in [-0.39, 0.29) is 11.8 Å². The van der Waals surface area contributed by atoms with Crippen molar-refractivity contribution in [3.8, 4) is 0 Å². The van der Waals surface area contributed by atoms with Crippen LogP contribution in [-0.4, -0.2) is 24.0 Å². The highest BCUT2D eigenvalue weighted by atomic mass is 16.4. The Hall–Kier alpha value is -2.82. The molecule has 5 heteroatoms. The quantitative estimate of drug-likeness (QED) is 0.786. The summed E-state index contributed by atoms with van der Waals surface area (Å²) in [7, 11) is 0. The van der Waals surface area contributed by atoms with Crippen molar-refractivity contribution in [2.45, 2.75) is 19.8 Å². The molecule has 1 aromatic heterocycles. The van der Waals surface area contributed by atoms with Gasteiger partial charge >= 0.3 is 0 Å². The lowest BCUT2D eigenvalue weighted by Crippen LogP contribution is -2.38. The molecule has 0 aliphatic carbocycles. The molecule has 1 N–H and O–H groups in total.